The van der Waals surface area contributed by atoms with E-state index in [9.17, 15) is 9.59 Å². The molecule has 0 fully saturated rings. The summed E-state index contributed by atoms with van der Waals surface area (Å²) >= 11 is 0. The van der Waals surface area contributed by atoms with E-state index in [1.807, 2.05) is 7.05 Å². The molecule has 17 nitrogen and oxygen atoms in total. The molecule has 2 aliphatic rings. The third-order valence-electron chi connectivity index (χ3n) is 3.17. The van der Waals surface area contributed by atoms with Gasteiger partial charge in [0.25, 0.3) is 5.91 Å². The SMILES string of the molecule is CN1N=CCC1=O.CN1N=NCC1=O.Cn1ccnn1.Cn1cnnn1.Cn1nccn1. The molecule has 0 radical (unpaired) electrons. The van der Waals surface area contributed by atoms with Gasteiger partial charge in [0.15, 0.2) is 0 Å². The molecule has 5 heterocycles. The van der Waals surface area contributed by atoms with Crippen LogP contribution in [0.5, 0.6) is 0 Å². The first kappa shape index (κ1) is 25.6. The van der Waals surface area contributed by atoms with Gasteiger partial charge < -0.3 is 0 Å². The van der Waals surface area contributed by atoms with Gasteiger partial charge in [-0.05, 0) is 10.4 Å². The summed E-state index contributed by atoms with van der Waals surface area (Å²) in [6.07, 6.45) is 10.3. The van der Waals surface area contributed by atoms with Crippen molar-refractivity contribution >= 4 is 18.0 Å². The zero-order chi connectivity index (χ0) is 23.8. The van der Waals surface area contributed by atoms with Crippen molar-refractivity contribution in [3.05, 3.63) is 31.1 Å². The Balaban J connectivity index is 0.000000200. The molecule has 0 bridgehead atoms. The fourth-order valence-electron chi connectivity index (χ4n) is 1.53. The highest BCUT2D eigenvalue weighted by molar-refractivity contribution is 5.93. The smallest absolute Gasteiger partial charge is 0.267 e. The van der Waals surface area contributed by atoms with E-state index in [4.69, 9.17) is 0 Å². The highest BCUT2D eigenvalue weighted by Gasteiger charge is 2.11. The second kappa shape index (κ2) is 14.5. The number of carbonyl (C=O) groups is 2. The van der Waals surface area contributed by atoms with E-state index < -0.39 is 0 Å². The van der Waals surface area contributed by atoms with Gasteiger partial charge in [0.1, 0.15) is 12.9 Å². The number of tetrazole rings is 1. The number of hydrazone groups is 1. The molecule has 0 unspecified atom stereocenters. The molecule has 17 heteroatoms. The molecule has 5 rings (SSSR count). The van der Waals surface area contributed by atoms with Gasteiger partial charge in [0, 0.05) is 47.6 Å². The van der Waals surface area contributed by atoms with E-state index in [2.05, 4.69) is 51.5 Å². The molecule has 0 aromatic carbocycles. The summed E-state index contributed by atoms with van der Waals surface area (Å²) in [4.78, 5) is 22.2. The van der Waals surface area contributed by atoms with Gasteiger partial charge in [-0.15, -0.1) is 10.2 Å². The Labute approximate surface area is 183 Å². The lowest BCUT2D eigenvalue weighted by Crippen LogP contribution is -2.16. The van der Waals surface area contributed by atoms with Crippen molar-refractivity contribution in [1.82, 2.24) is 60.2 Å². The van der Waals surface area contributed by atoms with Crippen molar-refractivity contribution in [1.29, 1.82) is 0 Å². The van der Waals surface area contributed by atoms with Crippen molar-refractivity contribution in [2.45, 2.75) is 6.42 Å². The van der Waals surface area contributed by atoms with Gasteiger partial charge in [0.2, 0.25) is 5.91 Å². The first-order valence-corrected chi connectivity index (χ1v) is 9.00. The number of carbonyl (C=O) groups excluding carboxylic acids is 2. The number of aryl methyl sites for hydroxylation is 3. The lowest BCUT2D eigenvalue weighted by molar-refractivity contribution is -0.127. The number of nitrogens with zero attached hydrogens (tertiary/aromatic N) is 15. The Morgan fingerprint density at radius 3 is 1.69 bits per heavy atom. The number of aromatic nitrogens is 10. The van der Waals surface area contributed by atoms with Crippen molar-refractivity contribution in [3.8, 4) is 0 Å². The number of hydrogen-bond acceptors (Lipinski definition) is 12. The van der Waals surface area contributed by atoms with Crippen molar-refractivity contribution < 1.29 is 9.59 Å². The minimum absolute atomic E-state index is 0.0417. The largest absolute Gasteiger partial charge is 0.273 e. The van der Waals surface area contributed by atoms with E-state index in [1.54, 1.807) is 63.9 Å². The van der Waals surface area contributed by atoms with Crippen LogP contribution in [0.2, 0.25) is 0 Å². The second-order valence-corrected chi connectivity index (χ2v) is 5.80. The summed E-state index contributed by atoms with van der Waals surface area (Å²) in [6, 6.07) is 0. The van der Waals surface area contributed by atoms with Crippen LogP contribution >= 0.6 is 0 Å². The van der Waals surface area contributed by atoms with Crippen LogP contribution in [0.15, 0.2) is 46.6 Å². The fraction of sp³-hybridized carbons (Fsp3) is 0.467. The lowest BCUT2D eigenvalue weighted by Gasteiger charge is -1.98. The zero-order valence-electron chi connectivity index (χ0n) is 18.4. The minimum Gasteiger partial charge on any atom is -0.273 e. The monoisotopic (exact) mass is 447 g/mol. The molecule has 2 amide bonds. The summed E-state index contributed by atoms with van der Waals surface area (Å²) in [5.41, 5.74) is 0. The zero-order valence-corrected chi connectivity index (χ0v) is 18.4. The first-order chi connectivity index (χ1) is 15.3. The van der Waals surface area contributed by atoms with Crippen LogP contribution in [-0.2, 0) is 30.7 Å². The summed E-state index contributed by atoms with van der Waals surface area (Å²) in [6.45, 7) is 0.219. The van der Waals surface area contributed by atoms with Crippen molar-refractivity contribution in [2.75, 3.05) is 20.6 Å². The Morgan fingerprint density at radius 2 is 1.53 bits per heavy atom. The van der Waals surface area contributed by atoms with E-state index in [1.165, 1.54) is 25.8 Å². The molecule has 32 heavy (non-hydrogen) atoms. The molecule has 3 aromatic rings. The molecule has 3 aromatic heterocycles. The van der Waals surface area contributed by atoms with E-state index in [0.717, 1.165) is 0 Å². The summed E-state index contributed by atoms with van der Waals surface area (Å²) in [5, 5.41) is 37.8. The van der Waals surface area contributed by atoms with E-state index in [0.29, 0.717) is 6.42 Å². The van der Waals surface area contributed by atoms with Crippen LogP contribution in [0.3, 0.4) is 0 Å². The van der Waals surface area contributed by atoms with Crippen LogP contribution in [0, 0.1) is 0 Å². The van der Waals surface area contributed by atoms with Gasteiger partial charge in [-0.2, -0.15) is 25.2 Å². The van der Waals surface area contributed by atoms with Gasteiger partial charge in [0.05, 0.1) is 25.0 Å². The molecule has 172 valence electrons. The number of likely N-dealkylation sites (N-methyl/N-ethyl adjacent to an activating group) is 1. The standard InChI is InChI=1S/C4H6N2O.C3H5N3O.2C3H5N3.C2H4N4/c1-6-4(7)2-3-5-6;1-6-3(7)2-4-5-6;1-6-3-2-4-5-6;1-6-4-2-3-5-6;1-6-2-3-4-5-6/h3H,2H2,1H3;2H2,1H3;2*2-3H,1H3;2H,1H3. The summed E-state index contributed by atoms with van der Waals surface area (Å²) in [5.74, 6) is 0.0278. The fourth-order valence-corrected chi connectivity index (χ4v) is 1.53. The predicted molar refractivity (Wildman–Crippen MR) is 109 cm³/mol. The lowest BCUT2D eigenvalue weighted by atomic mass is 10.5. The molecule has 0 atom stereocenters. The summed E-state index contributed by atoms with van der Waals surface area (Å²) in [7, 11) is 8.59. The average molecular weight is 447 g/mol. The Bertz CT molecular complexity index is 827. The average Bonchev–Trinajstić information content (AvgIpc) is 3.58. The third-order valence-corrected chi connectivity index (χ3v) is 3.17. The maximum absolute atomic E-state index is 10.4. The van der Waals surface area contributed by atoms with Crippen molar-refractivity contribution in [2.24, 2.45) is 36.6 Å². The van der Waals surface area contributed by atoms with Crippen LogP contribution in [0.4, 0.5) is 0 Å². The second-order valence-electron chi connectivity index (χ2n) is 5.80. The molecule has 0 saturated carbocycles. The van der Waals surface area contributed by atoms with Crippen LogP contribution in [0.25, 0.3) is 0 Å². The van der Waals surface area contributed by atoms with Gasteiger partial charge in [-0.25, -0.2) is 14.7 Å². The van der Waals surface area contributed by atoms with Crippen molar-refractivity contribution in [3.63, 3.8) is 0 Å². The molecule has 0 saturated heterocycles. The Kier molecular flexibility index (Phi) is 11.6. The molecule has 0 N–H and O–H groups in total. The maximum atomic E-state index is 10.4. The molecular formula is C15H25N15O2. The normalized spacial score (nSPS) is 13.3. The highest BCUT2D eigenvalue weighted by Crippen LogP contribution is 1.96. The van der Waals surface area contributed by atoms with Gasteiger partial charge in [-0.3, -0.25) is 14.3 Å². The summed E-state index contributed by atoms with van der Waals surface area (Å²) < 4.78 is 3.17. The molecule has 0 spiro atoms. The van der Waals surface area contributed by atoms with Crippen LogP contribution < -0.4 is 0 Å². The number of hydrogen-bond donors (Lipinski definition) is 0. The van der Waals surface area contributed by atoms with Crippen LogP contribution in [-0.4, -0.2) is 98.9 Å². The van der Waals surface area contributed by atoms with E-state index >= 15 is 0 Å². The van der Waals surface area contributed by atoms with Gasteiger partial charge >= 0.3 is 0 Å². The Hall–Kier alpha value is -4.44. The third kappa shape index (κ3) is 11.5. The molecule has 2 aliphatic heterocycles. The number of amides is 2. The quantitative estimate of drug-likeness (QED) is 0.396. The van der Waals surface area contributed by atoms with Gasteiger partial charge in [-0.1, -0.05) is 10.4 Å². The predicted octanol–water partition coefficient (Wildman–Crippen LogP) is -1.50. The highest BCUT2D eigenvalue weighted by atomic mass is 16.2. The molecule has 0 aliphatic carbocycles. The first-order valence-electron chi connectivity index (χ1n) is 9.00. The number of rotatable bonds is 0. The molecular weight excluding hydrogens is 422 g/mol. The topological polar surface area (TPSA) is 183 Å². The maximum Gasteiger partial charge on any atom is 0.267 e. The minimum atomic E-state index is -0.0417. The van der Waals surface area contributed by atoms with E-state index in [-0.39, 0.29) is 18.4 Å². The van der Waals surface area contributed by atoms with Crippen LogP contribution in [0.1, 0.15) is 6.42 Å². The Morgan fingerprint density at radius 1 is 0.812 bits per heavy atom.